The highest BCUT2D eigenvalue weighted by atomic mass is 19.4. The number of nitrogens with zero attached hydrogens (tertiary/aromatic N) is 4. The topological polar surface area (TPSA) is 95.2 Å². The third-order valence-electron chi connectivity index (χ3n) is 9.40. The number of hydrogen-bond donors (Lipinski definition) is 0. The van der Waals surface area contributed by atoms with Gasteiger partial charge in [-0.15, -0.1) is 0 Å². The molecule has 4 nitrogen and oxygen atoms in total. The van der Waals surface area contributed by atoms with Gasteiger partial charge in [0, 0.05) is 11.0 Å². The van der Waals surface area contributed by atoms with E-state index in [0.29, 0.717) is 27.8 Å². The van der Waals surface area contributed by atoms with Crippen LogP contribution in [0.15, 0.2) is 109 Å². The Kier molecular flexibility index (Phi) is 6.61. The Hall–Kier alpha value is -6.41. The van der Waals surface area contributed by atoms with Crippen LogP contribution in [0.3, 0.4) is 0 Å². The molecule has 0 bridgehead atoms. The summed E-state index contributed by atoms with van der Waals surface area (Å²) >= 11 is 0. The monoisotopic (exact) mass is 614 g/mol. The number of nitriles is 4. The lowest BCUT2D eigenvalue weighted by Crippen LogP contribution is -2.29. The van der Waals surface area contributed by atoms with Gasteiger partial charge in [0.1, 0.15) is 23.6 Å². The summed E-state index contributed by atoms with van der Waals surface area (Å²) in [4.78, 5) is 0. The number of fused-ring (bicyclic) bond motifs is 6. The quantitative estimate of drug-likeness (QED) is 0.185. The second-order valence-electron chi connectivity index (χ2n) is 11.8. The Labute approximate surface area is 269 Å². The predicted molar refractivity (Wildman–Crippen MR) is 172 cm³/mol. The van der Waals surface area contributed by atoms with Crippen molar-refractivity contribution in [1.29, 1.82) is 21.0 Å². The van der Waals surface area contributed by atoms with Crippen molar-refractivity contribution in [2.45, 2.75) is 18.5 Å². The lowest BCUT2D eigenvalue weighted by molar-refractivity contribution is -0.137. The van der Waals surface area contributed by atoms with E-state index in [9.17, 15) is 34.2 Å². The van der Waals surface area contributed by atoms with Gasteiger partial charge in [-0.2, -0.15) is 34.2 Å². The molecule has 0 amide bonds. The van der Waals surface area contributed by atoms with Crippen molar-refractivity contribution in [2.24, 2.45) is 5.92 Å². The largest absolute Gasteiger partial charge is 0.416 e. The third kappa shape index (κ3) is 4.34. The van der Waals surface area contributed by atoms with E-state index in [2.05, 4.69) is 12.1 Å². The van der Waals surface area contributed by atoms with Gasteiger partial charge in [-0.3, -0.25) is 0 Å². The van der Waals surface area contributed by atoms with Crippen LogP contribution in [0.5, 0.6) is 0 Å². The average Bonchev–Trinajstić information content (AvgIpc) is 3.53. The first-order chi connectivity index (χ1) is 22.6. The first-order valence-electron chi connectivity index (χ1n) is 14.7. The molecule has 0 fully saturated rings. The number of allylic oxidation sites excluding steroid dienone is 1. The van der Waals surface area contributed by atoms with E-state index >= 15 is 0 Å². The summed E-state index contributed by atoms with van der Waals surface area (Å²) in [6.07, 6.45) is -4.62. The van der Waals surface area contributed by atoms with E-state index in [1.807, 2.05) is 97.9 Å². The minimum Gasteiger partial charge on any atom is -0.197 e. The summed E-state index contributed by atoms with van der Waals surface area (Å²) in [5.41, 5.74) is 6.35. The lowest BCUT2D eigenvalue weighted by atomic mass is 9.70. The SMILES string of the molecule is CC1(C(C#N)C#N)c2cc(-c3ccc(-c4ccccc4)cc3)ccc2-c2cc3c(cc21)-c1ccc(C(F)(F)F)cc1C3=C(C#N)C#N. The van der Waals surface area contributed by atoms with Crippen molar-refractivity contribution >= 4 is 5.57 Å². The molecular formula is C40H21F3N4. The van der Waals surface area contributed by atoms with Gasteiger partial charge in [-0.25, -0.2) is 0 Å². The molecule has 5 aromatic rings. The molecule has 0 heterocycles. The number of alkyl halides is 3. The zero-order valence-electron chi connectivity index (χ0n) is 24.8. The molecule has 0 spiro atoms. The van der Waals surface area contributed by atoms with Crippen LogP contribution in [0, 0.1) is 51.2 Å². The van der Waals surface area contributed by atoms with Gasteiger partial charge >= 0.3 is 6.18 Å². The third-order valence-corrected chi connectivity index (χ3v) is 9.40. The molecule has 1 atom stereocenters. The number of benzene rings is 5. The maximum absolute atomic E-state index is 13.7. The molecule has 7 rings (SSSR count). The molecule has 0 aromatic heterocycles. The second kappa shape index (κ2) is 10.6. The zero-order valence-corrected chi connectivity index (χ0v) is 24.8. The minimum absolute atomic E-state index is 0.135. The van der Waals surface area contributed by atoms with Crippen LogP contribution >= 0.6 is 0 Å². The van der Waals surface area contributed by atoms with Gasteiger partial charge in [0.15, 0.2) is 0 Å². The van der Waals surface area contributed by atoms with Gasteiger partial charge in [0.05, 0.1) is 17.7 Å². The highest BCUT2D eigenvalue weighted by Gasteiger charge is 2.47. The number of rotatable bonds is 3. The molecule has 5 aromatic carbocycles. The van der Waals surface area contributed by atoms with Crippen molar-refractivity contribution in [2.75, 3.05) is 0 Å². The zero-order chi connectivity index (χ0) is 33.1. The summed E-state index contributed by atoms with van der Waals surface area (Å²) in [7, 11) is 0. The van der Waals surface area contributed by atoms with Crippen LogP contribution in [0.4, 0.5) is 13.2 Å². The Balaban J connectivity index is 1.43. The highest BCUT2D eigenvalue weighted by Crippen LogP contribution is 2.57. The molecule has 0 aliphatic heterocycles. The van der Waals surface area contributed by atoms with E-state index in [-0.39, 0.29) is 16.7 Å². The maximum atomic E-state index is 13.7. The summed E-state index contributed by atoms with van der Waals surface area (Å²) in [6, 6.07) is 39.0. The van der Waals surface area contributed by atoms with Crippen molar-refractivity contribution in [3.8, 4) is 68.8 Å². The number of halogens is 3. The summed E-state index contributed by atoms with van der Waals surface area (Å²) in [5.74, 6) is -1.09. The van der Waals surface area contributed by atoms with Crippen LogP contribution in [0.2, 0.25) is 0 Å². The molecule has 0 saturated carbocycles. The van der Waals surface area contributed by atoms with E-state index in [1.165, 1.54) is 6.07 Å². The van der Waals surface area contributed by atoms with Crippen LogP contribution in [0.1, 0.15) is 34.7 Å². The van der Waals surface area contributed by atoms with Crippen LogP contribution in [-0.2, 0) is 11.6 Å². The summed E-state index contributed by atoms with van der Waals surface area (Å²) < 4.78 is 41.2. The van der Waals surface area contributed by atoms with Crippen molar-refractivity contribution in [1.82, 2.24) is 0 Å². The Morgan fingerprint density at radius 3 is 1.74 bits per heavy atom. The predicted octanol–water partition coefficient (Wildman–Crippen LogP) is 9.82. The van der Waals surface area contributed by atoms with Crippen molar-refractivity contribution in [3.05, 3.63) is 137 Å². The molecule has 47 heavy (non-hydrogen) atoms. The Morgan fingerprint density at radius 1 is 0.574 bits per heavy atom. The van der Waals surface area contributed by atoms with Gasteiger partial charge in [0.2, 0.25) is 0 Å². The molecule has 0 N–H and O–H groups in total. The molecule has 2 aliphatic rings. The first-order valence-corrected chi connectivity index (χ1v) is 14.7. The van der Waals surface area contributed by atoms with Crippen LogP contribution in [-0.4, -0.2) is 0 Å². The maximum Gasteiger partial charge on any atom is 0.416 e. The van der Waals surface area contributed by atoms with Gasteiger partial charge in [-0.05, 0) is 104 Å². The summed E-state index contributed by atoms with van der Waals surface area (Å²) in [5, 5.41) is 40.1. The minimum atomic E-state index is -4.62. The second-order valence-corrected chi connectivity index (χ2v) is 11.8. The average molecular weight is 615 g/mol. The number of hydrogen-bond acceptors (Lipinski definition) is 4. The van der Waals surface area contributed by atoms with E-state index in [0.717, 1.165) is 45.5 Å². The van der Waals surface area contributed by atoms with Crippen molar-refractivity contribution in [3.63, 3.8) is 0 Å². The van der Waals surface area contributed by atoms with Gasteiger partial charge < -0.3 is 0 Å². The van der Waals surface area contributed by atoms with E-state index < -0.39 is 23.1 Å². The summed E-state index contributed by atoms with van der Waals surface area (Å²) in [6.45, 7) is 1.85. The lowest BCUT2D eigenvalue weighted by Gasteiger charge is -2.29. The smallest absolute Gasteiger partial charge is 0.197 e. The van der Waals surface area contributed by atoms with Gasteiger partial charge in [-0.1, -0.05) is 72.8 Å². The molecule has 0 saturated heterocycles. The fourth-order valence-electron chi connectivity index (χ4n) is 7.01. The fraction of sp³-hybridized carbons (Fsp3) is 0.100. The Bertz CT molecular complexity index is 2310. The molecule has 7 heteroatoms. The van der Waals surface area contributed by atoms with E-state index in [4.69, 9.17) is 0 Å². The van der Waals surface area contributed by atoms with Crippen LogP contribution < -0.4 is 0 Å². The molecule has 2 aliphatic carbocycles. The fourth-order valence-corrected chi connectivity index (χ4v) is 7.01. The molecule has 222 valence electrons. The normalized spacial score (nSPS) is 15.4. The molecule has 0 radical (unpaired) electrons. The van der Waals surface area contributed by atoms with E-state index in [1.54, 1.807) is 6.07 Å². The first kappa shape index (κ1) is 29.3. The highest BCUT2D eigenvalue weighted by molar-refractivity contribution is 6.06. The van der Waals surface area contributed by atoms with Gasteiger partial charge in [0.25, 0.3) is 0 Å². The standard InChI is InChI=1S/C40H21F3N4/c1-39(29(21-46)22-47)36-15-26(25-9-7-24(8-10-25)23-5-3-2-4-6-23)11-13-31(36)33-17-35-32(18-37(33)39)30-14-12-28(40(41,42)43)16-34(30)38(35)27(19-44)20-45/h2-18,29H,1H3. The van der Waals surface area contributed by atoms with Crippen LogP contribution in [0.25, 0.3) is 50.1 Å². The molecule has 1 unspecified atom stereocenters. The molecular weight excluding hydrogens is 593 g/mol. The Morgan fingerprint density at radius 2 is 1.13 bits per heavy atom. The van der Waals surface area contributed by atoms with Crippen molar-refractivity contribution < 1.29 is 13.2 Å².